The zero-order valence-corrected chi connectivity index (χ0v) is 11.3. The Morgan fingerprint density at radius 1 is 1.28 bits per heavy atom. The minimum atomic E-state index is 0.570. The third kappa shape index (κ3) is 1.91. The third-order valence-corrected chi connectivity index (χ3v) is 3.76. The van der Waals surface area contributed by atoms with Crippen LogP contribution in [0.5, 0.6) is 0 Å². The number of nitrogens with two attached hydrogens (primary N) is 1. The fraction of sp³-hybridized carbons (Fsp3) is 0.333. The first-order valence-corrected chi connectivity index (χ1v) is 6.68. The second-order valence-electron chi connectivity index (χ2n) is 4.27. The first-order chi connectivity index (χ1) is 8.79. The van der Waals surface area contributed by atoms with Gasteiger partial charge in [0.2, 0.25) is 0 Å². The number of nitrogens with one attached hydrogen (secondary N) is 1. The van der Waals surface area contributed by atoms with Gasteiger partial charge in [0.05, 0.1) is 10.7 Å². The van der Waals surface area contributed by atoms with Crippen LogP contribution in [0, 0.1) is 0 Å². The lowest BCUT2D eigenvalue weighted by atomic mass is 9.96. The number of fused-ring (bicyclic) bond motifs is 1. The van der Waals surface area contributed by atoms with Gasteiger partial charge in [0.25, 0.3) is 0 Å². The molecule has 3 N–H and O–H groups in total. The van der Waals surface area contributed by atoms with Crippen molar-refractivity contribution in [1.29, 1.82) is 0 Å². The van der Waals surface area contributed by atoms with Crippen molar-refractivity contribution in [3.63, 3.8) is 0 Å². The van der Waals surface area contributed by atoms with E-state index in [0.717, 1.165) is 41.4 Å². The molecule has 2 aromatic rings. The molecule has 0 unspecified atom stereocenters. The molecular weight excluding hydrogens is 296 g/mol. The molecule has 5 nitrogen and oxygen atoms in total. The number of hydrazine groups is 1. The Balaban J connectivity index is 2.14. The lowest BCUT2D eigenvalue weighted by Gasteiger charge is -2.18. The van der Waals surface area contributed by atoms with Crippen LogP contribution in [-0.2, 0) is 12.8 Å². The van der Waals surface area contributed by atoms with Gasteiger partial charge in [0.15, 0.2) is 11.6 Å². The molecule has 18 heavy (non-hydrogen) atoms. The van der Waals surface area contributed by atoms with Gasteiger partial charge in [0, 0.05) is 11.3 Å². The quantitative estimate of drug-likeness (QED) is 0.659. The van der Waals surface area contributed by atoms with Gasteiger partial charge in [-0.25, -0.2) is 15.8 Å². The maximum atomic E-state index is 5.55. The number of furan rings is 1. The fourth-order valence-electron chi connectivity index (χ4n) is 2.27. The predicted octanol–water partition coefficient (Wildman–Crippen LogP) is 2.66. The Kier molecular flexibility index (Phi) is 3.05. The molecule has 94 valence electrons. The van der Waals surface area contributed by atoms with Crippen LogP contribution in [0.3, 0.4) is 0 Å². The van der Waals surface area contributed by atoms with Crippen molar-refractivity contribution in [3.05, 3.63) is 28.1 Å². The molecule has 0 saturated carbocycles. The number of aromatic nitrogens is 2. The molecule has 2 heterocycles. The largest absolute Gasteiger partial charge is 0.460 e. The van der Waals surface area contributed by atoms with Gasteiger partial charge in [-0.15, -0.1) is 0 Å². The Bertz CT molecular complexity index is 564. The summed E-state index contributed by atoms with van der Waals surface area (Å²) >= 11 is 3.42. The summed E-state index contributed by atoms with van der Waals surface area (Å²) in [7, 11) is 0. The summed E-state index contributed by atoms with van der Waals surface area (Å²) in [5.41, 5.74) is 4.88. The van der Waals surface area contributed by atoms with E-state index in [0.29, 0.717) is 17.4 Å². The fourth-order valence-corrected chi connectivity index (χ4v) is 2.65. The molecule has 0 aromatic carbocycles. The van der Waals surface area contributed by atoms with Gasteiger partial charge in [-0.1, -0.05) is 0 Å². The Labute approximate surface area is 113 Å². The van der Waals surface area contributed by atoms with Crippen molar-refractivity contribution in [2.45, 2.75) is 25.7 Å². The van der Waals surface area contributed by atoms with Gasteiger partial charge in [-0.3, -0.25) is 0 Å². The van der Waals surface area contributed by atoms with Crippen molar-refractivity contribution in [1.82, 2.24) is 9.97 Å². The summed E-state index contributed by atoms with van der Waals surface area (Å²) in [6, 6.07) is 1.83. The third-order valence-electron chi connectivity index (χ3n) is 3.14. The van der Waals surface area contributed by atoms with Crippen molar-refractivity contribution >= 4 is 21.7 Å². The summed E-state index contributed by atoms with van der Waals surface area (Å²) in [6.45, 7) is 0. The van der Waals surface area contributed by atoms with Crippen LogP contribution in [0.2, 0.25) is 0 Å². The maximum Gasteiger partial charge on any atom is 0.199 e. The van der Waals surface area contributed by atoms with Crippen LogP contribution in [0.15, 0.2) is 21.2 Å². The molecule has 0 amide bonds. The van der Waals surface area contributed by atoms with Gasteiger partial charge >= 0.3 is 0 Å². The Hall–Kier alpha value is -1.40. The predicted molar refractivity (Wildman–Crippen MR) is 71.9 cm³/mol. The molecule has 0 aliphatic heterocycles. The summed E-state index contributed by atoms with van der Waals surface area (Å²) in [5, 5.41) is 0. The highest BCUT2D eigenvalue weighted by Crippen LogP contribution is 2.31. The molecule has 0 radical (unpaired) electrons. The van der Waals surface area contributed by atoms with Crippen molar-refractivity contribution in [2.75, 3.05) is 5.43 Å². The van der Waals surface area contributed by atoms with Crippen LogP contribution in [0.1, 0.15) is 24.1 Å². The molecule has 0 spiro atoms. The first kappa shape index (κ1) is 11.7. The number of hydrogen-bond acceptors (Lipinski definition) is 5. The van der Waals surface area contributed by atoms with E-state index in [-0.39, 0.29) is 0 Å². The van der Waals surface area contributed by atoms with Crippen molar-refractivity contribution in [3.8, 4) is 11.6 Å². The van der Waals surface area contributed by atoms with E-state index in [4.69, 9.17) is 10.3 Å². The molecule has 1 aliphatic carbocycles. The van der Waals surface area contributed by atoms with Gasteiger partial charge in [0.1, 0.15) is 5.82 Å². The molecule has 0 fully saturated rings. The number of hydrogen-bond donors (Lipinski definition) is 2. The first-order valence-electron chi connectivity index (χ1n) is 5.89. The minimum absolute atomic E-state index is 0.570. The van der Waals surface area contributed by atoms with Gasteiger partial charge in [-0.05, 0) is 47.7 Å². The van der Waals surface area contributed by atoms with E-state index in [1.807, 2.05) is 6.07 Å². The molecule has 2 aromatic heterocycles. The topological polar surface area (TPSA) is 77.0 Å². The number of nitrogen functional groups attached to an aromatic ring is 1. The summed E-state index contributed by atoms with van der Waals surface area (Å²) in [6.07, 6.45) is 5.88. The summed E-state index contributed by atoms with van der Waals surface area (Å²) in [4.78, 5) is 9.03. The number of halogens is 1. The zero-order valence-electron chi connectivity index (χ0n) is 9.74. The smallest absolute Gasteiger partial charge is 0.199 e. The standard InChI is InChI=1S/C12H13BrN4O/c13-8-5-6-18-10(8)12-15-9-4-2-1-3-7(9)11(16-12)17-14/h5-6H,1-4,14H2,(H,15,16,17). The Morgan fingerprint density at radius 2 is 2.11 bits per heavy atom. The SMILES string of the molecule is NNc1nc(-c2occc2Br)nc2c1CCCC2. The average molecular weight is 309 g/mol. The van der Waals surface area contributed by atoms with E-state index in [1.165, 1.54) is 0 Å². The number of rotatable bonds is 2. The minimum Gasteiger partial charge on any atom is -0.460 e. The molecule has 6 heteroatoms. The second-order valence-corrected chi connectivity index (χ2v) is 5.12. The van der Waals surface area contributed by atoms with E-state index in [2.05, 4.69) is 31.3 Å². The average Bonchev–Trinajstić information content (AvgIpc) is 2.83. The summed E-state index contributed by atoms with van der Waals surface area (Å²) in [5.74, 6) is 7.47. The van der Waals surface area contributed by atoms with Crippen LogP contribution >= 0.6 is 15.9 Å². The highest BCUT2D eigenvalue weighted by Gasteiger charge is 2.20. The number of nitrogens with zero attached hydrogens (tertiary/aromatic N) is 2. The zero-order chi connectivity index (χ0) is 12.5. The molecule has 0 atom stereocenters. The van der Waals surface area contributed by atoms with Crippen LogP contribution < -0.4 is 11.3 Å². The van der Waals surface area contributed by atoms with Crippen LogP contribution in [-0.4, -0.2) is 9.97 Å². The molecule has 0 saturated heterocycles. The second kappa shape index (κ2) is 4.70. The normalized spacial score (nSPS) is 14.3. The molecule has 0 bridgehead atoms. The summed E-state index contributed by atoms with van der Waals surface area (Å²) < 4.78 is 6.25. The molecule has 1 aliphatic rings. The monoisotopic (exact) mass is 308 g/mol. The molecule has 3 rings (SSSR count). The highest BCUT2D eigenvalue weighted by molar-refractivity contribution is 9.10. The number of aryl methyl sites for hydroxylation is 1. The van der Waals surface area contributed by atoms with E-state index >= 15 is 0 Å². The van der Waals surface area contributed by atoms with Gasteiger partial charge < -0.3 is 9.84 Å². The lowest BCUT2D eigenvalue weighted by molar-refractivity contribution is 0.573. The molecular formula is C12H13BrN4O. The lowest BCUT2D eigenvalue weighted by Crippen LogP contribution is -2.17. The highest BCUT2D eigenvalue weighted by atomic mass is 79.9. The number of anilines is 1. The van der Waals surface area contributed by atoms with E-state index in [1.54, 1.807) is 6.26 Å². The van der Waals surface area contributed by atoms with E-state index < -0.39 is 0 Å². The van der Waals surface area contributed by atoms with Crippen LogP contribution in [0.25, 0.3) is 11.6 Å². The van der Waals surface area contributed by atoms with Crippen molar-refractivity contribution < 1.29 is 4.42 Å². The van der Waals surface area contributed by atoms with Gasteiger partial charge in [-0.2, -0.15) is 0 Å². The van der Waals surface area contributed by atoms with E-state index in [9.17, 15) is 0 Å². The maximum absolute atomic E-state index is 5.55. The Morgan fingerprint density at radius 3 is 2.83 bits per heavy atom. The van der Waals surface area contributed by atoms with Crippen molar-refractivity contribution in [2.24, 2.45) is 5.84 Å². The van der Waals surface area contributed by atoms with Crippen LogP contribution in [0.4, 0.5) is 5.82 Å².